The Morgan fingerprint density at radius 2 is 2.00 bits per heavy atom. The Bertz CT molecular complexity index is 1130. The van der Waals surface area contributed by atoms with E-state index in [2.05, 4.69) is 15.4 Å². The molecular formula is C24H27ClFN5O3. The Kier molecular flexibility index (Phi) is 6.92. The summed E-state index contributed by atoms with van der Waals surface area (Å²) in [5, 5.41) is 7.80. The fourth-order valence-corrected chi connectivity index (χ4v) is 4.58. The van der Waals surface area contributed by atoms with Gasteiger partial charge in [-0.25, -0.2) is 18.9 Å². The van der Waals surface area contributed by atoms with Gasteiger partial charge in [-0.2, -0.15) is 5.10 Å². The Morgan fingerprint density at radius 3 is 2.71 bits per heavy atom. The van der Waals surface area contributed by atoms with Crippen LogP contribution in [0.1, 0.15) is 25.7 Å². The van der Waals surface area contributed by atoms with Gasteiger partial charge in [-0.05, 0) is 49.8 Å². The number of nitrogens with one attached hydrogen (secondary N) is 1. The van der Waals surface area contributed by atoms with Crippen molar-refractivity contribution in [1.82, 2.24) is 14.8 Å². The molecule has 2 aliphatic rings. The van der Waals surface area contributed by atoms with Gasteiger partial charge in [0.1, 0.15) is 22.9 Å². The monoisotopic (exact) mass is 487 g/mol. The van der Waals surface area contributed by atoms with Crippen LogP contribution >= 0.6 is 12.4 Å². The van der Waals surface area contributed by atoms with Gasteiger partial charge in [0, 0.05) is 24.9 Å². The number of anilines is 2. The van der Waals surface area contributed by atoms with E-state index in [1.165, 1.54) is 10.7 Å². The minimum atomic E-state index is -0.445. The van der Waals surface area contributed by atoms with Crippen LogP contribution in [0.25, 0.3) is 5.69 Å². The highest BCUT2D eigenvalue weighted by Gasteiger charge is 2.47. The fourth-order valence-electron chi connectivity index (χ4n) is 4.58. The van der Waals surface area contributed by atoms with Crippen LogP contribution in [0.15, 0.2) is 54.9 Å². The van der Waals surface area contributed by atoms with Crippen molar-refractivity contribution < 1.29 is 18.7 Å². The van der Waals surface area contributed by atoms with E-state index in [1.54, 1.807) is 48.7 Å². The number of halogens is 2. The first-order chi connectivity index (χ1) is 16.0. The van der Waals surface area contributed by atoms with Gasteiger partial charge < -0.3 is 14.8 Å². The average molecular weight is 488 g/mol. The van der Waals surface area contributed by atoms with Crippen molar-refractivity contribution in [1.29, 1.82) is 0 Å². The third-order valence-corrected chi connectivity index (χ3v) is 6.49. The number of carbonyl (C=O) groups is 1. The van der Waals surface area contributed by atoms with E-state index in [-0.39, 0.29) is 24.3 Å². The van der Waals surface area contributed by atoms with E-state index in [9.17, 15) is 9.18 Å². The van der Waals surface area contributed by atoms with Gasteiger partial charge >= 0.3 is 6.09 Å². The number of nitrogens with zero attached hydrogens (tertiary/aromatic N) is 4. The first kappa shape index (κ1) is 23.8. The maximum atomic E-state index is 14.0. The molecule has 0 radical (unpaired) electrons. The quantitative estimate of drug-likeness (QED) is 0.536. The normalized spacial score (nSPS) is 21.8. The largest absolute Gasteiger partial charge is 0.481 e. The molecule has 3 heterocycles. The molecule has 0 bridgehead atoms. The molecule has 0 atom stereocenters. The molecular weight excluding hydrogens is 461 g/mol. The molecule has 5 rings (SSSR count). The lowest BCUT2D eigenvalue weighted by Gasteiger charge is -2.35. The van der Waals surface area contributed by atoms with Crippen molar-refractivity contribution in [2.24, 2.45) is 5.92 Å². The Labute approximate surface area is 203 Å². The van der Waals surface area contributed by atoms with Crippen LogP contribution < -0.4 is 15.0 Å². The first-order valence-electron chi connectivity index (χ1n) is 11.1. The highest BCUT2D eigenvalue weighted by atomic mass is 35.5. The first-order valence-corrected chi connectivity index (χ1v) is 11.1. The molecule has 1 saturated carbocycles. The summed E-state index contributed by atoms with van der Waals surface area (Å²) in [6.45, 7) is 1.30. The van der Waals surface area contributed by atoms with Crippen LogP contribution in [0.4, 0.5) is 20.7 Å². The molecule has 1 amide bonds. The number of methoxy groups -OCH3 is 1. The summed E-state index contributed by atoms with van der Waals surface area (Å²) in [6, 6.07) is 12.0. The average Bonchev–Trinajstić information content (AvgIpc) is 3.44. The lowest BCUT2D eigenvalue weighted by molar-refractivity contribution is 0.0148. The van der Waals surface area contributed by atoms with Crippen molar-refractivity contribution in [2.75, 3.05) is 30.4 Å². The second-order valence-electron chi connectivity index (χ2n) is 8.62. The lowest BCUT2D eigenvalue weighted by atomic mass is 9.78. The van der Waals surface area contributed by atoms with Crippen molar-refractivity contribution in [3.63, 3.8) is 0 Å². The summed E-state index contributed by atoms with van der Waals surface area (Å²) in [5.41, 5.74) is 0.691. The minimum Gasteiger partial charge on any atom is -0.481 e. The van der Waals surface area contributed by atoms with Gasteiger partial charge in [-0.1, -0.05) is 12.1 Å². The number of ether oxygens (including phenoxy) is 2. The summed E-state index contributed by atoms with van der Waals surface area (Å²) in [4.78, 5) is 18.4. The molecule has 1 N–H and O–H groups in total. The number of aromatic nitrogens is 3. The van der Waals surface area contributed by atoms with E-state index in [4.69, 9.17) is 9.47 Å². The topological polar surface area (TPSA) is 81.5 Å². The second kappa shape index (κ2) is 9.89. The Morgan fingerprint density at radius 1 is 1.21 bits per heavy atom. The van der Waals surface area contributed by atoms with Crippen LogP contribution in [-0.2, 0) is 4.74 Å². The van der Waals surface area contributed by atoms with Crippen LogP contribution in [-0.4, -0.2) is 46.7 Å². The molecule has 1 aliphatic carbocycles. The number of hydrogen-bond donors (Lipinski definition) is 1. The van der Waals surface area contributed by atoms with Crippen molar-refractivity contribution in [3.8, 4) is 11.6 Å². The van der Waals surface area contributed by atoms with Crippen molar-refractivity contribution in [3.05, 3.63) is 60.7 Å². The van der Waals surface area contributed by atoms with Gasteiger partial charge in [0.15, 0.2) is 0 Å². The standard InChI is InChI=1S/C24H26FN5O3.ClH/c1-32-22-7-6-18(15-27-22)29-16-24(33-23(29)31)11-8-17(9-12-24)14-26-21-10-13-30(28-21)20-5-3-2-4-19(20)25;/h2-7,10,13,15,17H,8-9,11-12,14,16H2,1H3,(H,26,28);1H. The van der Waals surface area contributed by atoms with Gasteiger partial charge in [0.2, 0.25) is 5.88 Å². The van der Waals surface area contributed by atoms with E-state index < -0.39 is 5.60 Å². The summed E-state index contributed by atoms with van der Waals surface area (Å²) in [7, 11) is 1.56. The summed E-state index contributed by atoms with van der Waals surface area (Å²) < 4.78 is 26.4. The third-order valence-electron chi connectivity index (χ3n) is 6.49. The number of para-hydroxylation sites is 1. The number of amides is 1. The number of benzene rings is 1. The minimum absolute atomic E-state index is 0. The number of hydrogen-bond acceptors (Lipinski definition) is 6. The van der Waals surface area contributed by atoms with Crippen molar-refractivity contribution in [2.45, 2.75) is 31.3 Å². The van der Waals surface area contributed by atoms with Crippen LogP contribution in [0, 0.1) is 11.7 Å². The molecule has 1 aliphatic heterocycles. The summed E-state index contributed by atoms with van der Waals surface area (Å²) in [6.07, 6.45) is 6.58. The lowest BCUT2D eigenvalue weighted by Crippen LogP contribution is -2.39. The SMILES string of the molecule is COc1ccc(N2CC3(CCC(CNc4ccn(-c5ccccc5F)n4)CC3)OC2=O)cn1.Cl. The van der Waals surface area contributed by atoms with Crippen LogP contribution in [0.3, 0.4) is 0 Å². The molecule has 10 heteroatoms. The highest BCUT2D eigenvalue weighted by Crippen LogP contribution is 2.40. The molecule has 2 fully saturated rings. The molecule has 2 aromatic heterocycles. The Balaban J connectivity index is 0.00000274. The number of rotatable bonds is 6. The molecule has 8 nitrogen and oxygen atoms in total. The van der Waals surface area contributed by atoms with Crippen LogP contribution in [0.2, 0.25) is 0 Å². The molecule has 1 saturated heterocycles. The maximum Gasteiger partial charge on any atom is 0.415 e. The zero-order valence-corrected chi connectivity index (χ0v) is 19.6. The summed E-state index contributed by atoms with van der Waals surface area (Å²) >= 11 is 0. The Hall–Kier alpha value is -3.33. The predicted molar refractivity (Wildman–Crippen MR) is 129 cm³/mol. The number of carbonyl (C=O) groups excluding carboxylic acids is 1. The second-order valence-corrected chi connectivity index (χ2v) is 8.62. The maximum absolute atomic E-state index is 14.0. The smallest absolute Gasteiger partial charge is 0.415 e. The molecule has 180 valence electrons. The fraction of sp³-hybridized carbons (Fsp3) is 0.375. The van der Waals surface area contributed by atoms with Gasteiger partial charge in [0.25, 0.3) is 0 Å². The molecule has 3 aromatic rings. The number of pyridine rings is 1. The highest BCUT2D eigenvalue weighted by molar-refractivity contribution is 5.90. The zero-order valence-electron chi connectivity index (χ0n) is 18.8. The molecule has 0 unspecified atom stereocenters. The molecule has 1 aromatic carbocycles. The van der Waals surface area contributed by atoms with E-state index in [1.807, 2.05) is 12.1 Å². The van der Waals surface area contributed by atoms with E-state index >= 15 is 0 Å². The van der Waals surface area contributed by atoms with E-state index in [0.717, 1.165) is 32.2 Å². The van der Waals surface area contributed by atoms with Gasteiger partial charge in [0.05, 0.1) is 25.5 Å². The zero-order chi connectivity index (χ0) is 22.8. The van der Waals surface area contributed by atoms with Gasteiger partial charge in [-0.3, -0.25) is 4.90 Å². The molecule has 1 spiro atoms. The third kappa shape index (κ3) is 4.79. The summed E-state index contributed by atoms with van der Waals surface area (Å²) in [5.74, 6) is 1.36. The molecule has 34 heavy (non-hydrogen) atoms. The van der Waals surface area contributed by atoms with E-state index in [0.29, 0.717) is 35.5 Å². The van der Waals surface area contributed by atoms with Gasteiger partial charge in [-0.15, -0.1) is 12.4 Å². The van der Waals surface area contributed by atoms with Crippen molar-refractivity contribution >= 4 is 30.0 Å². The van der Waals surface area contributed by atoms with Crippen LogP contribution in [0.5, 0.6) is 5.88 Å². The predicted octanol–water partition coefficient (Wildman–Crippen LogP) is 4.83.